The largest absolute Gasteiger partial charge is 0.361 e. The van der Waals surface area contributed by atoms with Crippen LogP contribution in [0.2, 0.25) is 0 Å². The number of nitrogens with zero attached hydrogens (tertiary/aromatic N) is 5. The number of aromatic nitrogens is 5. The van der Waals surface area contributed by atoms with E-state index >= 15 is 0 Å². The van der Waals surface area contributed by atoms with E-state index in [1.807, 2.05) is 13.8 Å². The molecule has 0 aromatic carbocycles. The number of hydrogen-bond donors (Lipinski definition) is 2. The topological polar surface area (TPSA) is 113 Å². The van der Waals surface area contributed by atoms with Crippen molar-refractivity contribution in [3.63, 3.8) is 0 Å². The summed E-state index contributed by atoms with van der Waals surface area (Å²) in [5, 5.41) is 7.03. The molecule has 1 atom stereocenters. The summed E-state index contributed by atoms with van der Waals surface area (Å²) >= 11 is 0. The van der Waals surface area contributed by atoms with Crippen LogP contribution in [0.25, 0.3) is 11.2 Å². The summed E-state index contributed by atoms with van der Waals surface area (Å²) in [4.78, 5) is 30.5. The molecule has 1 unspecified atom stereocenters. The minimum absolute atomic E-state index is 0.0649. The van der Waals surface area contributed by atoms with E-state index in [1.165, 1.54) is 0 Å². The quantitative estimate of drug-likeness (QED) is 0.668. The number of carbonyl (C=O) groups excluding carboxylic acids is 1. The van der Waals surface area contributed by atoms with Gasteiger partial charge in [0, 0.05) is 31.6 Å². The molecule has 0 saturated carbocycles. The molecule has 4 rings (SSSR count). The van der Waals surface area contributed by atoms with E-state index in [-0.39, 0.29) is 5.91 Å². The molecule has 28 heavy (non-hydrogen) atoms. The van der Waals surface area contributed by atoms with Gasteiger partial charge < -0.3 is 19.7 Å². The molecule has 0 radical (unpaired) electrons. The summed E-state index contributed by atoms with van der Waals surface area (Å²) in [7, 11) is 0. The second-order valence-corrected chi connectivity index (χ2v) is 7.36. The van der Waals surface area contributed by atoms with Crippen molar-refractivity contribution in [2.24, 2.45) is 5.92 Å². The summed E-state index contributed by atoms with van der Waals surface area (Å²) in [5.74, 6) is 2.14. The molecule has 1 aliphatic rings. The van der Waals surface area contributed by atoms with Gasteiger partial charge in [-0.25, -0.2) is 15.0 Å². The number of fused-ring (bicyclic) bond motifs is 1. The van der Waals surface area contributed by atoms with Gasteiger partial charge in [-0.3, -0.25) is 4.79 Å². The molecular formula is C19H25N7O2. The van der Waals surface area contributed by atoms with Crippen LogP contribution >= 0.6 is 0 Å². The van der Waals surface area contributed by atoms with Crippen LogP contribution in [0.15, 0.2) is 17.2 Å². The molecule has 1 saturated heterocycles. The van der Waals surface area contributed by atoms with Crippen LogP contribution < -0.4 is 10.2 Å². The number of nitrogens with one attached hydrogen (secondary N) is 2. The molecule has 4 heterocycles. The number of aryl methyl sites for hydroxylation is 2. The van der Waals surface area contributed by atoms with Gasteiger partial charge in [-0.2, -0.15) is 0 Å². The van der Waals surface area contributed by atoms with Crippen molar-refractivity contribution in [2.75, 3.05) is 24.5 Å². The molecule has 9 heteroatoms. The van der Waals surface area contributed by atoms with Gasteiger partial charge in [0.1, 0.15) is 17.6 Å². The van der Waals surface area contributed by atoms with Crippen LogP contribution in [0, 0.1) is 19.8 Å². The number of carbonyl (C=O) groups is 1. The van der Waals surface area contributed by atoms with Gasteiger partial charge in [0.15, 0.2) is 11.5 Å². The van der Waals surface area contributed by atoms with Gasteiger partial charge in [-0.05, 0) is 39.0 Å². The van der Waals surface area contributed by atoms with E-state index in [0.29, 0.717) is 31.0 Å². The van der Waals surface area contributed by atoms with E-state index in [4.69, 9.17) is 4.52 Å². The van der Waals surface area contributed by atoms with E-state index in [0.717, 1.165) is 54.3 Å². The smallest absolute Gasteiger partial charge is 0.220 e. The molecule has 0 aliphatic carbocycles. The van der Waals surface area contributed by atoms with Crippen molar-refractivity contribution < 1.29 is 9.32 Å². The van der Waals surface area contributed by atoms with Gasteiger partial charge in [0.25, 0.3) is 0 Å². The van der Waals surface area contributed by atoms with Crippen LogP contribution in [0.4, 0.5) is 5.82 Å². The van der Waals surface area contributed by atoms with E-state index in [2.05, 4.69) is 35.3 Å². The highest BCUT2D eigenvalue weighted by atomic mass is 16.5. The highest BCUT2D eigenvalue weighted by Gasteiger charge is 2.23. The van der Waals surface area contributed by atoms with Crippen molar-refractivity contribution in [1.82, 2.24) is 30.4 Å². The highest BCUT2D eigenvalue weighted by molar-refractivity contribution is 5.82. The molecular weight excluding hydrogens is 358 g/mol. The Morgan fingerprint density at radius 3 is 3.07 bits per heavy atom. The van der Waals surface area contributed by atoms with Gasteiger partial charge in [0.05, 0.1) is 12.0 Å². The third-order valence-corrected chi connectivity index (χ3v) is 5.39. The Morgan fingerprint density at radius 2 is 2.25 bits per heavy atom. The molecule has 3 aromatic rings. The lowest BCUT2D eigenvalue weighted by Gasteiger charge is -2.33. The fraction of sp³-hybridized carbons (Fsp3) is 0.526. The Morgan fingerprint density at radius 1 is 1.36 bits per heavy atom. The normalized spacial score (nSPS) is 17.2. The zero-order valence-electron chi connectivity index (χ0n) is 16.2. The Kier molecular flexibility index (Phi) is 5.23. The first-order valence-corrected chi connectivity index (χ1v) is 9.69. The van der Waals surface area contributed by atoms with Gasteiger partial charge >= 0.3 is 0 Å². The van der Waals surface area contributed by atoms with Crippen molar-refractivity contribution in [3.05, 3.63) is 29.7 Å². The third-order valence-electron chi connectivity index (χ3n) is 5.39. The molecule has 1 amide bonds. The fourth-order valence-corrected chi connectivity index (χ4v) is 3.86. The maximum absolute atomic E-state index is 12.3. The van der Waals surface area contributed by atoms with Crippen LogP contribution in [0.1, 0.15) is 36.3 Å². The number of hydrogen-bond acceptors (Lipinski definition) is 7. The molecule has 9 nitrogen and oxygen atoms in total. The predicted octanol–water partition coefficient (Wildman–Crippen LogP) is 1.92. The van der Waals surface area contributed by atoms with E-state index < -0.39 is 0 Å². The Hall–Kier alpha value is -2.97. The first-order valence-electron chi connectivity index (χ1n) is 9.69. The van der Waals surface area contributed by atoms with Crippen molar-refractivity contribution in [1.29, 1.82) is 0 Å². The van der Waals surface area contributed by atoms with Gasteiger partial charge in [0.2, 0.25) is 5.91 Å². The first-order chi connectivity index (χ1) is 13.6. The summed E-state index contributed by atoms with van der Waals surface area (Å²) in [5.41, 5.74) is 3.45. The number of amides is 1. The summed E-state index contributed by atoms with van der Waals surface area (Å²) in [6.07, 6.45) is 6.46. The van der Waals surface area contributed by atoms with Crippen molar-refractivity contribution >= 4 is 22.9 Å². The number of imidazole rings is 1. The first kappa shape index (κ1) is 18.4. The average molecular weight is 383 g/mol. The minimum atomic E-state index is 0.0649. The zero-order chi connectivity index (χ0) is 19.5. The summed E-state index contributed by atoms with van der Waals surface area (Å²) in [6.45, 7) is 6.27. The minimum Gasteiger partial charge on any atom is -0.361 e. The molecule has 1 aliphatic heterocycles. The zero-order valence-corrected chi connectivity index (χ0v) is 16.2. The van der Waals surface area contributed by atoms with Crippen LogP contribution in [0.3, 0.4) is 0 Å². The molecule has 3 aromatic heterocycles. The van der Waals surface area contributed by atoms with Crippen molar-refractivity contribution in [3.8, 4) is 0 Å². The fourth-order valence-electron chi connectivity index (χ4n) is 3.86. The lowest BCUT2D eigenvalue weighted by molar-refractivity contribution is -0.121. The standard InChI is InChI=1S/C19H25N7O2/c1-12-15(13(2)28-25-12)5-6-16(27)20-8-14-4-3-7-26(9-14)19-17-18(22-10-21-17)23-11-24-19/h10-11,14H,3-9H2,1-2H3,(H,20,27)(H,21,22,23,24). The maximum Gasteiger partial charge on any atom is 0.220 e. The van der Waals surface area contributed by atoms with Crippen LogP contribution in [-0.2, 0) is 11.2 Å². The molecule has 148 valence electrons. The third kappa shape index (κ3) is 3.83. The number of piperidine rings is 1. The lowest BCUT2D eigenvalue weighted by Crippen LogP contribution is -2.41. The van der Waals surface area contributed by atoms with E-state index in [1.54, 1.807) is 12.7 Å². The van der Waals surface area contributed by atoms with E-state index in [9.17, 15) is 4.79 Å². The number of rotatable bonds is 6. The highest BCUT2D eigenvalue weighted by Crippen LogP contribution is 2.25. The molecule has 0 bridgehead atoms. The second kappa shape index (κ2) is 7.95. The van der Waals surface area contributed by atoms with Gasteiger partial charge in [-0.15, -0.1) is 0 Å². The summed E-state index contributed by atoms with van der Waals surface area (Å²) in [6, 6.07) is 0. The monoisotopic (exact) mass is 383 g/mol. The Bertz CT molecular complexity index is 945. The predicted molar refractivity (Wildman–Crippen MR) is 104 cm³/mol. The Labute approximate surface area is 162 Å². The van der Waals surface area contributed by atoms with Crippen LogP contribution in [0.5, 0.6) is 0 Å². The number of aromatic amines is 1. The summed E-state index contributed by atoms with van der Waals surface area (Å²) < 4.78 is 5.16. The van der Waals surface area contributed by atoms with Gasteiger partial charge in [-0.1, -0.05) is 5.16 Å². The Balaban J connectivity index is 1.30. The van der Waals surface area contributed by atoms with Crippen LogP contribution in [-0.4, -0.2) is 50.6 Å². The SMILES string of the molecule is Cc1noc(C)c1CCC(=O)NCC1CCCN(c2ncnc3nc[nH]c23)C1. The molecule has 1 fully saturated rings. The molecule has 0 spiro atoms. The second-order valence-electron chi connectivity index (χ2n) is 7.36. The maximum atomic E-state index is 12.3. The number of anilines is 1. The van der Waals surface area contributed by atoms with Crippen molar-refractivity contribution in [2.45, 2.75) is 39.5 Å². The average Bonchev–Trinajstić information content (AvgIpc) is 3.31. The molecule has 2 N–H and O–H groups in total. The lowest BCUT2D eigenvalue weighted by atomic mass is 9.97. The number of H-pyrrole nitrogens is 1.